The highest BCUT2D eigenvalue weighted by Crippen LogP contribution is 2.40. The summed E-state index contributed by atoms with van der Waals surface area (Å²) in [4.78, 5) is 19.5. The molecule has 0 saturated carbocycles. The molecule has 0 bridgehead atoms. The first kappa shape index (κ1) is 22.5. The van der Waals surface area contributed by atoms with Gasteiger partial charge in [0.15, 0.2) is 0 Å². The van der Waals surface area contributed by atoms with Gasteiger partial charge in [-0.2, -0.15) is 0 Å². The van der Waals surface area contributed by atoms with E-state index >= 15 is 0 Å². The van der Waals surface area contributed by atoms with Crippen molar-refractivity contribution in [3.05, 3.63) is 115 Å². The van der Waals surface area contributed by atoms with Crippen molar-refractivity contribution in [1.29, 1.82) is 0 Å². The summed E-state index contributed by atoms with van der Waals surface area (Å²) >= 11 is 0. The molecule has 1 aliphatic heterocycles. The van der Waals surface area contributed by atoms with Gasteiger partial charge < -0.3 is 20.0 Å². The maximum atomic E-state index is 12.9. The van der Waals surface area contributed by atoms with Gasteiger partial charge in [0.05, 0.1) is 11.4 Å². The Morgan fingerprint density at radius 3 is 1.80 bits per heavy atom. The van der Waals surface area contributed by atoms with Crippen LogP contribution in [0, 0.1) is 0 Å². The van der Waals surface area contributed by atoms with Gasteiger partial charge in [0.2, 0.25) is 0 Å². The Kier molecular flexibility index (Phi) is 6.66. The Labute approximate surface area is 207 Å². The molecule has 1 aliphatic rings. The predicted molar refractivity (Wildman–Crippen MR) is 145 cm³/mol. The van der Waals surface area contributed by atoms with Crippen LogP contribution in [0.5, 0.6) is 0 Å². The molecule has 0 aliphatic carbocycles. The number of anilines is 5. The van der Waals surface area contributed by atoms with Crippen LogP contribution >= 0.6 is 0 Å². The van der Waals surface area contributed by atoms with E-state index in [4.69, 9.17) is 0 Å². The molecule has 0 unspecified atom stereocenters. The van der Waals surface area contributed by atoms with Crippen LogP contribution in [0.1, 0.15) is 10.4 Å². The highest BCUT2D eigenvalue weighted by atomic mass is 16.2. The fraction of sp³-hybridized carbons (Fsp3) is 0.167. The fourth-order valence-electron chi connectivity index (χ4n) is 4.63. The molecule has 1 fully saturated rings. The zero-order valence-electron chi connectivity index (χ0n) is 20.0. The fourth-order valence-corrected chi connectivity index (χ4v) is 4.63. The maximum absolute atomic E-state index is 12.9. The van der Waals surface area contributed by atoms with Gasteiger partial charge >= 0.3 is 0 Å². The van der Waals surface area contributed by atoms with Crippen LogP contribution in [0.2, 0.25) is 0 Å². The summed E-state index contributed by atoms with van der Waals surface area (Å²) in [5.74, 6) is 0.107. The predicted octanol–water partition coefficient (Wildman–Crippen LogP) is 6.16. The molecular formula is C30H30N4O. The Hall–Kier alpha value is -4.25. The van der Waals surface area contributed by atoms with Crippen molar-refractivity contribution >= 4 is 34.3 Å². The molecule has 176 valence electrons. The lowest BCUT2D eigenvalue weighted by Crippen LogP contribution is -2.48. The zero-order valence-corrected chi connectivity index (χ0v) is 20.0. The van der Waals surface area contributed by atoms with Crippen LogP contribution in [0.3, 0.4) is 0 Å². The Morgan fingerprint density at radius 2 is 1.26 bits per heavy atom. The minimum Gasteiger partial charge on any atom is -0.386 e. The standard InChI is InChI=1S/C30H30N4O/c1-31-28-18-17-27(32-19-21-33(22-20-32)30(35)24-11-5-2-6-12-24)23-29(28)34(25-13-7-3-8-14-25)26-15-9-4-10-16-26/h2-18,23,31H,19-22H2,1H3. The molecular weight excluding hydrogens is 432 g/mol. The normalized spacial score (nSPS) is 13.4. The summed E-state index contributed by atoms with van der Waals surface area (Å²) in [6.45, 7) is 3.01. The van der Waals surface area contributed by atoms with E-state index in [0.29, 0.717) is 13.1 Å². The smallest absolute Gasteiger partial charge is 0.253 e. The molecule has 0 spiro atoms. The lowest BCUT2D eigenvalue weighted by Gasteiger charge is -2.37. The van der Waals surface area contributed by atoms with E-state index in [2.05, 4.69) is 81.8 Å². The molecule has 0 atom stereocenters. The van der Waals surface area contributed by atoms with Crippen LogP contribution in [0.4, 0.5) is 28.4 Å². The number of carbonyl (C=O) groups excluding carboxylic acids is 1. The Bertz CT molecular complexity index is 1210. The van der Waals surface area contributed by atoms with Crippen LogP contribution in [-0.4, -0.2) is 44.0 Å². The summed E-state index contributed by atoms with van der Waals surface area (Å²) in [6.07, 6.45) is 0. The van der Waals surface area contributed by atoms with Crippen LogP contribution in [0.15, 0.2) is 109 Å². The lowest BCUT2D eigenvalue weighted by molar-refractivity contribution is 0.0747. The van der Waals surface area contributed by atoms with Crippen molar-refractivity contribution in [3.63, 3.8) is 0 Å². The van der Waals surface area contributed by atoms with E-state index in [-0.39, 0.29) is 5.91 Å². The molecule has 1 amide bonds. The number of nitrogens with zero attached hydrogens (tertiary/aromatic N) is 3. The minimum absolute atomic E-state index is 0.107. The molecule has 4 aromatic rings. The number of benzene rings is 4. The zero-order chi connectivity index (χ0) is 24.0. The number of rotatable bonds is 6. The second kappa shape index (κ2) is 10.3. The number of hydrogen-bond acceptors (Lipinski definition) is 4. The highest BCUT2D eigenvalue weighted by molar-refractivity contribution is 5.94. The van der Waals surface area contributed by atoms with E-state index in [1.54, 1.807) is 0 Å². The molecule has 5 heteroatoms. The van der Waals surface area contributed by atoms with Gasteiger partial charge in [0, 0.05) is 55.9 Å². The van der Waals surface area contributed by atoms with Crippen molar-refractivity contribution in [2.24, 2.45) is 0 Å². The molecule has 4 aromatic carbocycles. The van der Waals surface area contributed by atoms with Crippen molar-refractivity contribution in [2.45, 2.75) is 0 Å². The molecule has 1 saturated heterocycles. The summed E-state index contributed by atoms with van der Waals surface area (Å²) in [7, 11) is 1.96. The lowest BCUT2D eigenvalue weighted by atomic mass is 10.1. The monoisotopic (exact) mass is 462 g/mol. The van der Waals surface area contributed by atoms with E-state index in [1.807, 2.05) is 54.4 Å². The van der Waals surface area contributed by atoms with E-state index in [0.717, 1.165) is 47.1 Å². The summed E-state index contributed by atoms with van der Waals surface area (Å²) in [6, 6.07) is 37.0. The second-order valence-corrected chi connectivity index (χ2v) is 8.60. The van der Waals surface area contributed by atoms with Crippen LogP contribution in [-0.2, 0) is 0 Å². The van der Waals surface area contributed by atoms with Gasteiger partial charge in [-0.05, 0) is 54.6 Å². The third kappa shape index (κ3) is 4.85. The van der Waals surface area contributed by atoms with Gasteiger partial charge in [-0.15, -0.1) is 0 Å². The number of nitrogens with one attached hydrogen (secondary N) is 1. The first-order valence-electron chi connectivity index (χ1n) is 12.1. The van der Waals surface area contributed by atoms with Gasteiger partial charge in [0.1, 0.15) is 0 Å². The Morgan fingerprint density at radius 1 is 0.714 bits per heavy atom. The Balaban J connectivity index is 1.42. The van der Waals surface area contributed by atoms with Gasteiger partial charge in [-0.25, -0.2) is 0 Å². The summed E-state index contributed by atoms with van der Waals surface area (Å²) in [5.41, 5.74) is 6.26. The van der Waals surface area contributed by atoms with Crippen molar-refractivity contribution < 1.29 is 4.79 Å². The average molecular weight is 463 g/mol. The molecule has 1 heterocycles. The largest absolute Gasteiger partial charge is 0.386 e. The molecule has 5 rings (SSSR count). The average Bonchev–Trinajstić information content (AvgIpc) is 2.94. The molecule has 5 nitrogen and oxygen atoms in total. The molecule has 0 radical (unpaired) electrons. The van der Waals surface area contributed by atoms with Gasteiger partial charge in [-0.3, -0.25) is 4.79 Å². The highest BCUT2D eigenvalue weighted by Gasteiger charge is 2.24. The third-order valence-electron chi connectivity index (χ3n) is 6.47. The SMILES string of the molecule is CNc1ccc(N2CCN(C(=O)c3ccccc3)CC2)cc1N(c1ccccc1)c1ccccc1. The summed E-state index contributed by atoms with van der Waals surface area (Å²) in [5, 5.41) is 3.37. The van der Waals surface area contributed by atoms with E-state index in [1.165, 1.54) is 0 Å². The van der Waals surface area contributed by atoms with Gasteiger partial charge in [-0.1, -0.05) is 54.6 Å². The number of hydrogen-bond donors (Lipinski definition) is 1. The minimum atomic E-state index is 0.107. The topological polar surface area (TPSA) is 38.8 Å². The second-order valence-electron chi connectivity index (χ2n) is 8.60. The first-order valence-corrected chi connectivity index (χ1v) is 12.1. The third-order valence-corrected chi connectivity index (χ3v) is 6.47. The molecule has 35 heavy (non-hydrogen) atoms. The summed E-state index contributed by atoms with van der Waals surface area (Å²) < 4.78 is 0. The van der Waals surface area contributed by atoms with Crippen LogP contribution < -0.4 is 15.1 Å². The van der Waals surface area contributed by atoms with Gasteiger partial charge in [0.25, 0.3) is 5.91 Å². The number of piperazine rings is 1. The van der Waals surface area contributed by atoms with Crippen LogP contribution in [0.25, 0.3) is 0 Å². The molecule has 1 N–H and O–H groups in total. The van der Waals surface area contributed by atoms with E-state index < -0.39 is 0 Å². The first-order chi connectivity index (χ1) is 17.2. The quantitative estimate of drug-likeness (QED) is 0.372. The molecule has 0 aromatic heterocycles. The maximum Gasteiger partial charge on any atom is 0.253 e. The van der Waals surface area contributed by atoms with Crippen molar-refractivity contribution in [2.75, 3.05) is 48.3 Å². The number of para-hydroxylation sites is 2. The number of carbonyl (C=O) groups is 1. The van der Waals surface area contributed by atoms with E-state index in [9.17, 15) is 4.79 Å². The van der Waals surface area contributed by atoms with Crippen molar-refractivity contribution in [3.8, 4) is 0 Å². The number of amides is 1. The van der Waals surface area contributed by atoms with Crippen molar-refractivity contribution in [1.82, 2.24) is 4.90 Å².